The number of hydrogen-bond donors (Lipinski definition) is 1. The van der Waals surface area contributed by atoms with Crippen LogP contribution in [0, 0.1) is 0 Å². The number of rotatable bonds is 6. The van der Waals surface area contributed by atoms with Gasteiger partial charge in [0.05, 0.1) is 5.56 Å². The van der Waals surface area contributed by atoms with Crippen molar-refractivity contribution in [3.63, 3.8) is 0 Å². The van der Waals surface area contributed by atoms with Crippen molar-refractivity contribution >= 4 is 5.97 Å². The van der Waals surface area contributed by atoms with Crippen LogP contribution >= 0.6 is 0 Å². The maximum atomic E-state index is 12.0. The standard InChI is InChI=1S/C25H34O2/c1-14(2)18-9-19(15(3)4)11-20(10-18)21-12-22(16(5)6)24(25(26)27)23(13-21)17(7)8/h9-17H,1-8H3,(H,26,27). The van der Waals surface area contributed by atoms with E-state index in [1.54, 1.807) is 0 Å². The Bertz CT molecular complexity index is 771. The Kier molecular flexibility index (Phi) is 6.51. The molecule has 0 atom stereocenters. The lowest BCUT2D eigenvalue weighted by Crippen LogP contribution is -2.10. The molecule has 2 rings (SSSR count). The SMILES string of the molecule is CC(C)c1cc(-c2cc(C(C)C)c(C(=O)O)c(C(C)C)c2)cc(C(C)C)c1. The first-order valence-electron chi connectivity index (χ1n) is 10.1. The van der Waals surface area contributed by atoms with E-state index in [0.29, 0.717) is 17.4 Å². The van der Waals surface area contributed by atoms with Crippen LogP contribution < -0.4 is 0 Å². The van der Waals surface area contributed by atoms with Crippen LogP contribution in [0.3, 0.4) is 0 Å². The Hall–Kier alpha value is -2.09. The van der Waals surface area contributed by atoms with E-state index in [4.69, 9.17) is 0 Å². The van der Waals surface area contributed by atoms with Gasteiger partial charge in [-0.3, -0.25) is 0 Å². The highest BCUT2D eigenvalue weighted by atomic mass is 16.4. The fraction of sp³-hybridized carbons (Fsp3) is 0.480. The van der Waals surface area contributed by atoms with Crippen LogP contribution in [-0.4, -0.2) is 11.1 Å². The quantitative estimate of drug-likeness (QED) is 0.573. The largest absolute Gasteiger partial charge is 0.478 e. The lowest BCUT2D eigenvalue weighted by molar-refractivity contribution is 0.0693. The van der Waals surface area contributed by atoms with Crippen molar-refractivity contribution < 1.29 is 9.90 Å². The fourth-order valence-corrected chi connectivity index (χ4v) is 3.52. The number of carboxylic acid groups (broad SMARTS) is 1. The molecule has 146 valence electrons. The number of carboxylic acids is 1. The molecule has 2 aromatic carbocycles. The molecule has 0 amide bonds. The first-order valence-corrected chi connectivity index (χ1v) is 10.1. The smallest absolute Gasteiger partial charge is 0.336 e. The van der Waals surface area contributed by atoms with Gasteiger partial charge >= 0.3 is 5.97 Å². The van der Waals surface area contributed by atoms with Gasteiger partial charge in [0.2, 0.25) is 0 Å². The summed E-state index contributed by atoms with van der Waals surface area (Å²) in [5.74, 6) is 0.398. The van der Waals surface area contributed by atoms with Gasteiger partial charge < -0.3 is 5.11 Å². The first kappa shape index (κ1) is 21.2. The number of benzene rings is 2. The third kappa shape index (κ3) is 4.61. The Morgan fingerprint density at radius 1 is 0.630 bits per heavy atom. The van der Waals surface area contributed by atoms with Crippen LogP contribution in [0.25, 0.3) is 11.1 Å². The minimum absolute atomic E-state index is 0.159. The second kappa shape index (κ2) is 8.29. The first-order chi connectivity index (χ1) is 12.5. The average Bonchev–Trinajstić information content (AvgIpc) is 2.59. The molecule has 0 aliphatic carbocycles. The molecule has 2 aromatic rings. The summed E-state index contributed by atoms with van der Waals surface area (Å²) >= 11 is 0. The van der Waals surface area contributed by atoms with Gasteiger partial charge in [-0.05, 0) is 57.1 Å². The molecule has 0 unspecified atom stereocenters. The van der Waals surface area contributed by atoms with E-state index in [1.807, 2.05) is 0 Å². The number of hydrogen-bond acceptors (Lipinski definition) is 1. The molecule has 2 nitrogen and oxygen atoms in total. The molecule has 27 heavy (non-hydrogen) atoms. The number of carbonyl (C=O) groups is 1. The van der Waals surface area contributed by atoms with Gasteiger partial charge in [0.1, 0.15) is 0 Å². The zero-order valence-corrected chi connectivity index (χ0v) is 18.1. The summed E-state index contributed by atoms with van der Waals surface area (Å²) in [6.07, 6.45) is 0. The monoisotopic (exact) mass is 366 g/mol. The second-order valence-electron chi connectivity index (χ2n) is 8.84. The summed E-state index contributed by atoms with van der Waals surface area (Å²) < 4.78 is 0. The van der Waals surface area contributed by atoms with Crippen molar-refractivity contribution in [2.75, 3.05) is 0 Å². The third-order valence-electron chi connectivity index (χ3n) is 5.30. The fourth-order valence-electron chi connectivity index (χ4n) is 3.52. The predicted octanol–water partition coefficient (Wildman–Crippen LogP) is 7.55. The lowest BCUT2D eigenvalue weighted by Gasteiger charge is -2.20. The van der Waals surface area contributed by atoms with E-state index in [9.17, 15) is 9.90 Å². The molecular weight excluding hydrogens is 332 g/mol. The zero-order chi connectivity index (χ0) is 20.5. The third-order valence-corrected chi connectivity index (χ3v) is 5.30. The van der Waals surface area contributed by atoms with E-state index in [2.05, 4.69) is 85.7 Å². The van der Waals surface area contributed by atoms with E-state index in [0.717, 1.165) is 16.7 Å². The summed E-state index contributed by atoms with van der Waals surface area (Å²) in [5.41, 5.74) is 7.29. The molecule has 1 N–H and O–H groups in total. The van der Waals surface area contributed by atoms with Gasteiger partial charge in [0.25, 0.3) is 0 Å². The highest BCUT2D eigenvalue weighted by Gasteiger charge is 2.21. The maximum Gasteiger partial charge on any atom is 0.336 e. The summed E-state index contributed by atoms with van der Waals surface area (Å²) in [6.45, 7) is 17.1. The molecule has 0 saturated heterocycles. The molecule has 0 heterocycles. The second-order valence-corrected chi connectivity index (χ2v) is 8.84. The average molecular weight is 367 g/mol. The van der Waals surface area contributed by atoms with Crippen molar-refractivity contribution in [3.05, 3.63) is 58.1 Å². The van der Waals surface area contributed by atoms with E-state index >= 15 is 0 Å². The summed E-state index contributed by atoms with van der Waals surface area (Å²) in [5, 5.41) is 9.84. The van der Waals surface area contributed by atoms with Gasteiger partial charge in [0.15, 0.2) is 0 Å². The number of aromatic carboxylic acids is 1. The molecule has 2 heteroatoms. The van der Waals surface area contributed by atoms with Crippen LogP contribution in [0.1, 0.15) is 112 Å². The Labute approximate surface area is 164 Å². The van der Waals surface area contributed by atoms with E-state index in [1.165, 1.54) is 16.7 Å². The van der Waals surface area contributed by atoms with Crippen molar-refractivity contribution in [2.24, 2.45) is 0 Å². The van der Waals surface area contributed by atoms with Gasteiger partial charge in [-0.1, -0.05) is 85.7 Å². The van der Waals surface area contributed by atoms with Crippen molar-refractivity contribution in [3.8, 4) is 11.1 Å². The predicted molar refractivity (Wildman–Crippen MR) is 115 cm³/mol. The lowest BCUT2D eigenvalue weighted by atomic mass is 9.84. The minimum Gasteiger partial charge on any atom is -0.478 e. The maximum absolute atomic E-state index is 12.0. The van der Waals surface area contributed by atoms with Gasteiger partial charge in [-0.15, -0.1) is 0 Å². The van der Waals surface area contributed by atoms with Crippen LogP contribution in [0.2, 0.25) is 0 Å². The molecule has 0 radical (unpaired) electrons. The van der Waals surface area contributed by atoms with Crippen LogP contribution in [0.15, 0.2) is 30.3 Å². The molecule has 0 spiro atoms. The van der Waals surface area contributed by atoms with E-state index in [-0.39, 0.29) is 11.8 Å². The Balaban J connectivity index is 2.81. The Morgan fingerprint density at radius 3 is 1.30 bits per heavy atom. The van der Waals surface area contributed by atoms with Gasteiger partial charge in [0, 0.05) is 0 Å². The normalized spacial score (nSPS) is 11.9. The van der Waals surface area contributed by atoms with Crippen LogP contribution in [0.5, 0.6) is 0 Å². The van der Waals surface area contributed by atoms with Crippen molar-refractivity contribution in [1.29, 1.82) is 0 Å². The molecule has 0 aromatic heterocycles. The van der Waals surface area contributed by atoms with E-state index < -0.39 is 5.97 Å². The van der Waals surface area contributed by atoms with Crippen molar-refractivity contribution in [1.82, 2.24) is 0 Å². The Morgan fingerprint density at radius 2 is 1.00 bits per heavy atom. The molecule has 0 fully saturated rings. The van der Waals surface area contributed by atoms with Crippen LogP contribution in [0.4, 0.5) is 0 Å². The summed E-state index contributed by atoms with van der Waals surface area (Å²) in [7, 11) is 0. The van der Waals surface area contributed by atoms with Gasteiger partial charge in [-0.25, -0.2) is 4.79 Å². The topological polar surface area (TPSA) is 37.3 Å². The zero-order valence-electron chi connectivity index (χ0n) is 18.1. The summed E-state index contributed by atoms with van der Waals surface area (Å²) in [6, 6.07) is 11.0. The highest BCUT2D eigenvalue weighted by Crippen LogP contribution is 2.36. The highest BCUT2D eigenvalue weighted by molar-refractivity contribution is 5.93. The summed E-state index contributed by atoms with van der Waals surface area (Å²) in [4.78, 5) is 12.0. The molecule has 0 aliphatic heterocycles. The van der Waals surface area contributed by atoms with Crippen LogP contribution in [-0.2, 0) is 0 Å². The molecule has 0 saturated carbocycles. The van der Waals surface area contributed by atoms with Gasteiger partial charge in [-0.2, -0.15) is 0 Å². The molecule has 0 bridgehead atoms. The molecule has 0 aliphatic rings. The molecular formula is C25H34O2. The van der Waals surface area contributed by atoms with Crippen molar-refractivity contribution in [2.45, 2.75) is 79.1 Å². The minimum atomic E-state index is -0.826.